The SMILES string of the molecule is c1cspp1. The summed E-state index contributed by atoms with van der Waals surface area (Å²) >= 11 is 0. The Morgan fingerprint density at radius 3 is 2.80 bits per heavy atom. The molecule has 0 fully saturated rings. The van der Waals surface area contributed by atoms with Gasteiger partial charge in [-0.1, -0.05) is 0 Å². The molecule has 1 aromatic rings. The van der Waals surface area contributed by atoms with Crippen LogP contribution in [0.3, 0.4) is 0 Å². The van der Waals surface area contributed by atoms with E-state index in [1.54, 1.807) is 0 Å². The van der Waals surface area contributed by atoms with Gasteiger partial charge >= 0.3 is 0 Å². The van der Waals surface area contributed by atoms with Gasteiger partial charge in [-0.25, -0.2) is 0 Å². The third kappa shape index (κ3) is 0.967. The molecule has 1 rings (SSSR count). The van der Waals surface area contributed by atoms with Crippen molar-refractivity contribution in [3.8, 4) is 0 Å². The lowest BCUT2D eigenvalue weighted by Gasteiger charge is -1.36. The van der Waals surface area contributed by atoms with Gasteiger partial charge in [0.25, 0.3) is 0 Å². The minimum Gasteiger partial charge on any atom is -0.116 e. The van der Waals surface area contributed by atoms with E-state index < -0.39 is 0 Å². The van der Waals surface area contributed by atoms with E-state index in [0.717, 1.165) is 0 Å². The van der Waals surface area contributed by atoms with Gasteiger partial charge < -0.3 is 0 Å². The maximum atomic E-state index is 2.16. The molecule has 0 spiro atoms. The molecular weight excluding hydrogens is 118 g/mol. The average molecular weight is 120 g/mol. The molecule has 0 aliphatic heterocycles. The van der Waals surface area contributed by atoms with Gasteiger partial charge in [0.15, 0.2) is 0 Å². The Morgan fingerprint density at radius 2 is 2.60 bits per heavy atom. The highest BCUT2D eigenvalue weighted by Gasteiger charge is 1.61. The van der Waals surface area contributed by atoms with E-state index in [1.807, 2.05) is 10.9 Å². The van der Waals surface area contributed by atoms with Crippen LogP contribution in [0.5, 0.6) is 0 Å². The lowest BCUT2D eigenvalue weighted by atomic mass is 11.2. The summed E-state index contributed by atoms with van der Waals surface area (Å²) in [4.78, 5) is 0. The van der Waals surface area contributed by atoms with Crippen molar-refractivity contribution >= 4 is 25.9 Å². The minimum absolute atomic E-state index is 1.45. The molecule has 0 saturated carbocycles. The monoisotopic (exact) mass is 120 g/mol. The maximum absolute atomic E-state index is 2.16. The Hall–Kier alpha value is 0.560. The lowest BCUT2D eigenvalue weighted by Crippen LogP contribution is -1.04. The predicted octanol–water partition coefficient (Wildman–Crippen LogP) is 2.91. The van der Waals surface area contributed by atoms with Gasteiger partial charge in [-0.3, -0.25) is 0 Å². The molecule has 0 amide bonds. The second-order valence-electron chi connectivity index (χ2n) is 0.588. The average Bonchev–Trinajstić information content (AvgIpc) is 1.76. The van der Waals surface area contributed by atoms with Gasteiger partial charge in [0.2, 0.25) is 0 Å². The Labute approximate surface area is 37.7 Å². The van der Waals surface area contributed by atoms with E-state index in [-0.39, 0.29) is 0 Å². The first-order valence-corrected chi connectivity index (χ1v) is 5.26. The van der Waals surface area contributed by atoms with E-state index in [0.29, 0.717) is 0 Å². The molecule has 3 heteroatoms. The van der Waals surface area contributed by atoms with Crippen LogP contribution in [-0.4, -0.2) is 0 Å². The van der Waals surface area contributed by atoms with E-state index in [2.05, 4.69) is 11.2 Å². The Balaban J connectivity index is 3.13. The second-order valence-corrected chi connectivity index (χ2v) is 5.05. The highest BCUT2D eigenvalue weighted by molar-refractivity contribution is 8.11. The Kier molecular flexibility index (Phi) is 1.40. The summed E-state index contributed by atoms with van der Waals surface area (Å²) in [6.07, 6.45) is 0. The summed E-state index contributed by atoms with van der Waals surface area (Å²) in [6.45, 7) is 0. The highest BCUT2D eigenvalue weighted by atomic mass is 32.6. The molecule has 26 valence electrons. The van der Waals surface area contributed by atoms with Crippen LogP contribution in [0.25, 0.3) is 0 Å². The van der Waals surface area contributed by atoms with Crippen LogP contribution in [0.2, 0.25) is 0 Å². The van der Waals surface area contributed by atoms with Crippen molar-refractivity contribution in [2.75, 3.05) is 0 Å². The predicted molar refractivity (Wildman–Crippen MR) is 29.3 cm³/mol. The van der Waals surface area contributed by atoms with E-state index >= 15 is 0 Å². The topological polar surface area (TPSA) is 0 Å². The fourth-order valence-electron chi connectivity index (χ4n) is 0.136. The van der Waals surface area contributed by atoms with Crippen LogP contribution in [0, 0.1) is 0 Å². The number of rotatable bonds is 0. The van der Waals surface area contributed by atoms with Crippen molar-refractivity contribution in [3.05, 3.63) is 11.2 Å². The Morgan fingerprint density at radius 1 is 1.60 bits per heavy atom. The molecule has 0 nitrogen and oxygen atoms in total. The van der Waals surface area contributed by atoms with Crippen LogP contribution in [-0.2, 0) is 0 Å². The largest absolute Gasteiger partial charge is 0.116 e. The standard InChI is InChI=1S/C2H2P2S/c1-2-5-4-3-1/h1-2H. The van der Waals surface area contributed by atoms with Gasteiger partial charge in [-0.2, -0.15) is 0 Å². The molecule has 0 bridgehead atoms. The summed E-state index contributed by atoms with van der Waals surface area (Å²) < 4.78 is 0. The summed E-state index contributed by atoms with van der Waals surface area (Å²) in [5, 5.41) is 2.13. The van der Waals surface area contributed by atoms with Crippen molar-refractivity contribution in [3.63, 3.8) is 0 Å². The molecule has 0 N–H and O–H groups in total. The molecule has 1 heterocycles. The van der Waals surface area contributed by atoms with E-state index in [4.69, 9.17) is 0 Å². The van der Waals surface area contributed by atoms with Crippen molar-refractivity contribution in [1.29, 1.82) is 0 Å². The summed E-state index contributed by atoms with van der Waals surface area (Å²) in [7, 11) is 4.77. The van der Waals surface area contributed by atoms with Gasteiger partial charge in [-0.05, 0) is 13.7 Å². The fraction of sp³-hybridized carbons (Fsp3) is 0. The third-order valence-corrected chi connectivity index (χ3v) is 4.24. The summed E-state index contributed by atoms with van der Waals surface area (Å²) in [5.74, 6) is 2.16. The first-order chi connectivity index (χ1) is 2.50. The molecule has 0 aliphatic carbocycles. The van der Waals surface area contributed by atoms with Gasteiger partial charge in [0, 0.05) is 12.4 Å². The fourth-order valence-corrected chi connectivity index (χ4v) is 3.67. The second kappa shape index (κ2) is 1.87. The van der Waals surface area contributed by atoms with Crippen LogP contribution in [0.15, 0.2) is 11.2 Å². The zero-order chi connectivity index (χ0) is 3.54. The minimum atomic E-state index is 1.45. The molecule has 0 unspecified atom stereocenters. The third-order valence-electron chi connectivity index (χ3n) is 0.283. The van der Waals surface area contributed by atoms with Crippen molar-refractivity contribution in [2.24, 2.45) is 0 Å². The first-order valence-electron chi connectivity index (χ1n) is 1.21. The van der Waals surface area contributed by atoms with Crippen molar-refractivity contribution in [2.45, 2.75) is 0 Å². The van der Waals surface area contributed by atoms with Crippen molar-refractivity contribution in [1.82, 2.24) is 0 Å². The van der Waals surface area contributed by atoms with Crippen LogP contribution in [0.1, 0.15) is 0 Å². The smallest absolute Gasteiger partial charge is 0.0217 e. The van der Waals surface area contributed by atoms with Crippen LogP contribution >= 0.6 is 25.9 Å². The molecule has 5 heavy (non-hydrogen) atoms. The van der Waals surface area contributed by atoms with Gasteiger partial charge in [0.05, 0.1) is 0 Å². The Bertz CT molecular complexity index is 64.1. The quantitative estimate of drug-likeness (QED) is 0.493. The molecular formula is C2H2P2S. The normalized spacial score (nSPS) is 11.2. The molecule has 1 aromatic heterocycles. The molecule has 0 saturated heterocycles. The summed E-state index contributed by atoms with van der Waals surface area (Å²) in [6, 6.07) is 0. The maximum Gasteiger partial charge on any atom is 0.0217 e. The van der Waals surface area contributed by atoms with Crippen LogP contribution in [0.4, 0.5) is 0 Å². The van der Waals surface area contributed by atoms with E-state index in [1.165, 1.54) is 14.9 Å². The van der Waals surface area contributed by atoms with Crippen molar-refractivity contribution < 1.29 is 0 Å². The van der Waals surface area contributed by atoms with Crippen LogP contribution < -0.4 is 0 Å². The number of hydrogen-bond acceptors (Lipinski definition) is 1. The highest BCUT2D eigenvalue weighted by Crippen LogP contribution is 2.25. The molecule has 0 aliphatic rings. The van der Waals surface area contributed by atoms with E-state index in [9.17, 15) is 0 Å². The zero-order valence-corrected chi connectivity index (χ0v) is 5.06. The van der Waals surface area contributed by atoms with Gasteiger partial charge in [0.1, 0.15) is 0 Å². The molecule has 0 radical (unpaired) electrons. The first kappa shape index (κ1) is 3.74. The lowest BCUT2D eigenvalue weighted by molar-refractivity contribution is 2.38. The number of hydrogen-bond donors (Lipinski definition) is 0. The molecule has 0 atom stereocenters. The molecule has 0 aromatic carbocycles. The zero-order valence-electron chi connectivity index (χ0n) is 2.46. The van der Waals surface area contributed by atoms with Gasteiger partial charge in [-0.15, -0.1) is 10.9 Å². The summed E-state index contributed by atoms with van der Waals surface area (Å²) in [5.41, 5.74) is 0.